The lowest BCUT2D eigenvalue weighted by molar-refractivity contribution is -0.188. The Kier molecular flexibility index (Phi) is 4.64. The fourth-order valence-electron chi connectivity index (χ4n) is 3.95. The lowest BCUT2D eigenvalue weighted by Gasteiger charge is -2.39. The van der Waals surface area contributed by atoms with Gasteiger partial charge in [0.1, 0.15) is 5.75 Å². The number of anilines is 1. The van der Waals surface area contributed by atoms with Crippen LogP contribution in [-0.2, 0) is 19.1 Å². The molecule has 1 atom stereocenters. The molecule has 3 heterocycles. The molecule has 140 valence electrons. The molecule has 3 aliphatic rings. The van der Waals surface area contributed by atoms with Crippen LogP contribution in [0.3, 0.4) is 0 Å². The minimum Gasteiger partial charge on any atom is -0.495 e. The van der Waals surface area contributed by atoms with Crippen molar-refractivity contribution in [3.63, 3.8) is 0 Å². The molecule has 7 nitrogen and oxygen atoms in total. The van der Waals surface area contributed by atoms with E-state index < -0.39 is 11.8 Å². The molecule has 0 aliphatic carbocycles. The van der Waals surface area contributed by atoms with Crippen molar-refractivity contribution in [1.29, 1.82) is 0 Å². The topological polar surface area (TPSA) is 68.3 Å². The molecule has 1 spiro atoms. The van der Waals surface area contributed by atoms with Crippen molar-refractivity contribution in [2.45, 2.75) is 31.1 Å². The Balaban J connectivity index is 1.52. The molecule has 4 rings (SSSR count). The summed E-state index contributed by atoms with van der Waals surface area (Å²) in [7, 11) is 1.50. The normalized spacial score (nSPS) is 26.1. The van der Waals surface area contributed by atoms with E-state index >= 15 is 0 Å². The van der Waals surface area contributed by atoms with Gasteiger partial charge in [0.2, 0.25) is 5.91 Å². The Morgan fingerprint density at radius 1 is 1.19 bits per heavy atom. The highest BCUT2D eigenvalue weighted by molar-refractivity contribution is 6.31. The van der Waals surface area contributed by atoms with Crippen molar-refractivity contribution in [2.24, 2.45) is 0 Å². The summed E-state index contributed by atoms with van der Waals surface area (Å²) in [5, 5.41) is 0.445. The molecule has 3 fully saturated rings. The van der Waals surface area contributed by atoms with Crippen LogP contribution in [0, 0.1) is 0 Å². The number of piperidine rings is 1. The second-order valence-corrected chi connectivity index (χ2v) is 7.18. The first-order valence-electron chi connectivity index (χ1n) is 8.75. The number of carbonyl (C=O) groups excluding carboxylic acids is 2. The van der Waals surface area contributed by atoms with E-state index in [2.05, 4.69) is 0 Å². The second-order valence-electron chi connectivity index (χ2n) is 6.75. The molecule has 26 heavy (non-hydrogen) atoms. The predicted molar refractivity (Wildman–Crippen MR) is 94.3 cm³/mol. The SMILES string of the molecule is COc1ccc(Cl)cc1N1C(=O)C[C@@H](N2CCC3(CC2)OCCO3)C1=O. The van der Waals surface area contributed by atoms with E-state index in [9.17, 15) is 9.59 Å². The number of imide groups is 1. The maximum atomic E-state index is 13.0. The molecule has 3 saturated heterocycles. The van der Waals surface area contributed by atoms with E-state index in [-0.39, 0.29) is 18.2 Å². The summed E-state index contributed by atoms with van der Waals surface area (Å²) >= 11 is 6.06. The molecule has 0 bridgehead atoms. The van der Waals surface area contributed by atoms with Gasteiger partial charge in [0.05, 0.1) is 38.5 Å². The Morgan fingerprint density at radius 2 is 1.88 bits per heavy atom. The minimum atomic E-state index is -0.502. The number of hydrogen-bond acceptors (Lipinski definition) is 6. The minimum absolute atomic E-state index is 0.156. The van der Waals surface area contributed by atoms with Gasteiger partial charge in [0.15, 0.2) is 5.79 Å². The zero-order chi connectivity index (χ0) is 18.3. The number of rotatable bonds is 3. The van der Waals surface area contributed by atoms with Crippen LogP contribution in [0.1, 0.15) is 19.3 Å². The molecule has 0 aromatic heterocycles. The van der Waals surface area contributed by atoms with E-state index in [0.29, 0.717) is 55.6 Å². The van der Waals surface area contributed by atoms with Gasteiger partial charge in [-0.15, -0.1) is 0 Å². The number of likely N-dealkylation sites (tertiary alicyclic amines) is 1. The van der Waals surface area contributed by atoms with Crippen LogP contribution in [0.25, 0.3) is 0 Å². The van der Waals surface area contributed by atoms with E-state index in [4.69, 9.17) is 25.8 Å². The van der Waals surface area contributed by atoms with Crippen LogP contribution in [-0.4, -0.2) is 62.0 Å². The average Bonchev–Trinajstić information content (AvgIpc) is 3.20. The van der Waals surface area contributed by atoms with E-state index in [0.717, 1.165) is 0 Å². The van der Waals surface area contributed by atoms with E-state index in [1.807, 2.05) is 4.90 Å². The predicted octanol–water partition coefficient (Wildman–Crippen LogP) is 1.82. The summed E-state index contributed by atoms with van der Waals surface area (Å²) in [6.07, 6.45) is 1.56. The van der Waals surface area contributed by atoms with Crippen molar-refractivity contribution in [3.8, 4) is 5.75 Å². The fourth-order valence-corrected chi connectivity index (χ4v) is 4.12. The van der Waals surface area contributed by atoms with Gasteiger partial charge in [-0.1, -0.05) is 11.6 Å². The van der Waals surface area contributed by atoms with Gasteiger partial charge < -0.3 is 14.2 Å². The van der Waals surface area contributed by atoms with Gasteiger partial charge in [-0.05, 0) is 18.2 Å². The Bertz CT molecular complexity index is 724. The second kappa shape index (κ2) is 6.81. The highest BCUT2D eigenvalue weighted by atomic mass is 35.5. The summed E-state index contributed by atoms with van der Waals surface area (Å²) < 4.78 is 16.8. The molecule has 0 saturated carbocycles. The van der Waals surface area contributed by atoms with Crippen molar-refractivity contribution < 1.29 is 23.8 Å². The molecule has 0 N–H and O–H groups in total. The summed E-state index contributed by atoms with van der Waals surface area (Å²) in [6, 6.07) is 4.44. The number of ether oxygens (including phenoxy) is 3. The van der Waals surface area contributed by atoms with Crippen molar-refractivity contribution in [2.75, 3.05) is 38.3 Å². The molecular formula is C18H21ClN2O5. The third-order valence-corrected chi connectivity index (χ3v) is 5.55. The number of methoxy groups -OCH3 is 1. The lowest BCUT2D eigenvalue weighted by Crippen LogP contribution is -2.51. The van der Waals surface area contributed by atoms with Crippen LogP contribution < -0.4 is 9.64 Å². The smallest absolute Gasteiger partial charge is 0.251 e. The third kappa shape index (κ3) is 2.99. The number of benzene rings is 1. The standard InChI is InChI=1S/C18H21ClN2O5/c1-24-15-3-2-12(19)10-13(15)21-16(22)11-14(17(21)23)20-6-4-18(5-7-20)25-8-9-26-18/h2-3,10,14H,4-9,11H2,1H3/t14-/m1/s1. The third-order valence-electron chi connectivity index (χ3n) is 5.32. The number of amides is 2. The van der Waals surface area contributed by atoms with Gasteiger partial charge in [-0.25, -0.2) is 4.90 Å². The van der Waals surface area contributed by atoms with Crippen molar-refractivity contribution in [3.05, 3.63) is 23.2 Å². The maximum Gasteiger partial charge on any atom is 0.251 e. The first-order chi connectivity index (χ1) is 12.5. The lowest BCUT2D eigenvalue weighted by atomic mass is 10.0. The van der Waals surface area contributed by atoms with Crippen molar-refractivity contribution in [1.82, 2.24) is 4.90 Å². The van der Waals surface area contributed by atoms with Gasteiger partial charge in [0.25, 0.3) is 5.91 Å². The first-order valence-corrected chi connectivity index (χ1v) is 9.13. The summed E-state index contributed by atoms with van der Waals surface area (Å²) in [5.74, 6) is -0.533. The van der Waals surface area contributed by atoms with Crippen LogP contribution in [0.5, 0.6) is 5.75 Å². The van der Waals surface area contributed by atoms with Crippen LogP contribution >= 0.6 is 11.6 Å². The molecule has 3 aliphatic heterocycles. The quantitative estimate of drug-likeness (QED) is 0.745. The number of halogens is 1. The fraction of sp³-hybridized carbons (Fsp3) is 0.556. The molecular weight excluding hydrogens is 360 g/mol. The average molecular weight is 381 g/mol. The molecule has 1 aromatic carbocycles. The number of nitrogens with zero attached hydrogens (tertiary/aromatic N) is 2. The highest BCUT2D eigenvalue weighted by Crippen LogP contribution is 2.37. The highest BCUT2D eigenvalue weighted by Gasteiger charge is 2.47. The van der Waals surface area contributed by atoms with Crippen LogP contribution in [0.15, 0.2) is 18.2 Å². The molecule has 0 radical (unpaired) electrons. The zero-order valence-corrected chi connectivity index (χ0v) is 15.3. The largest absolute Gasteiger partial charge is 0.495 e. The van der Waals surface area contributed by atoms with E-state index in [1.54, 1.807) is 18.2 Å². The van der Waals surface area contributed by atoms with Crippen molar-refractivity contribution >= 4 is 29.1 Å². The van der Waals surface area contributed by atoms with Crippen LogP contribution in [0.4, 0.5) is 5.69 Å². The molecule has 1 aromatic rings. The molecule has 8 heteroatoms. The van der Waals surface area contributed by atoms with Gasteiger partial charge in [0, 0.05) is 31.0 Å². The Hall–Kier alpha value is -1.67. The Morgan fingerprint density at radius 3 is 2.54 bits per heavy atom. The first kappa shape index (κ1) is 17.7. The number of hydrogen-bond donors (Lipinski definition) is 0. The zero-order valence-electron chi connectivity index (χ0n) is 14.6. The monoisotopic (exact) mass is 380 g/mol. The maximum absolute atomic E-state index is 13.0. The summed E-state index contributed by atoms with van der Waals surface area (Å²) in [4.78, 5) is 28.9. The molecule has 0 unspecified atom stereocenters. The summed E-state index contributed by atoms with van der Waals surface area (Å²) in [6.45, 7) is 2.54. The van der Waals surface area contributed by atoms with E-state index in [1.165, 1.54) is 12.0 Å². The molecule has 2 amide bonds. The van der Waals surface area contributed by atoms with Gasteiger partial charge >= 0.3 is 0 Å². The van der Waals surface area contributed by atoms with Gasteiger partial charge in [-0.2, -0.15) is 0 Å². The number of carbonyl (C=O) groups is 2. The van der Waals surface area contributed by atoms with Gasteiger partial charge in [-0.3, -0.25) is 14.5 Å². The summed E-state index contributed by atoms with van der Waals surface area (Å²) in [5.41, 5.74) is 0.397. The Labute approximate surface area is 156 Å². The van der Waals surface area contributed by atoms with Crippen LogP contribution in [0.2, 0.25) is 5.02 Å².